The fourth-order valence-corrected chi connectivity index (χ4v) is 5.74. The molecule has 0 spiro atoms. The number of hydrogen-bond acceptors (Lipinski definition) is 7. The number of rotatable bonds is 9. The van der Waals surface area contributed by atoms with Crippen LogP contribution in [0.1, 0.15) is 25.0 Å². The van der Waals surface area contributed by atoms with Crippen molar-refractivity contribution in [2.24, 2.45) is 0 Å². The van der Waals surface area contributed by atoms with Crippen LogP contribution in [-0.4, -0.2) is 47.5 Å². The van der Waals surface area contributed by atoms with Crippen LogP contribution in [0.25, 0.3) is 0 Å². The minimum absolute atomic E-state index is 0.191. The van der Waals surface area contributed by atoms with E-state index >= 15 is 0 Å². The fraction of sp³-hybridized carbons (Fsp3) is 0.267. The van der Waals surface area contributed by atoms with Crippen LogP contribution in [0.2, 0.25) is 0 Å². The van der Waals surface area contributed by atoms with Gasteiger partial charge in [0.2, 0.25) is 0 Å². The third-order valence-corrected chi connectivity index (χ3v) is 8.65. The number of para-hydroxylation sites is 1. The van der Waals surface area contributed by atoms with E-state index in [4.69, 9.17) is 9.47 Å². The molecule has 8 nitrogen and oxygen atoms in total. The number of benzene rings is 3. The Balaban J connectivity index is 1.30. The Morgan fingerprint density at radius 3 is 2.23 bits per heavy atom. The van der Waals surface area contributed by atoms with Crippen LogP contribution in [-0.2, 0) is 29.8 Å². The molecule has 0 aliphatic carbocycles. The maximum absolute atomic E-state index is 12.9. The van der Waals surface area contributed by atoms with Gasteiger partial charge in [-0.1, -0.05) is 49.7 Å². The number of carbonyl (C=O) groups is 2. The first-order valence-corrected chi connectivity index (χ1v) is 13.9. The molecule has 3 aromatic rings. The Labute approximate surface area is 229 Å². The third-order valence-electron chi connectivity index (χ3n) is 6.85. The molecule has 1 heterocycles. The number of fused-ring (bicyclic) bond motifs is 1. The molecule has 0 bridgehead atoms. The van der Waals surface area contributed by atoms with Gasteiger partial charge in [-0.15, -0.1) is 0 Å². The summed E-state index contributed by atoms with van der Waals surface area (Å²) in [7, 11) is -0.339. The summed E-state index contributed by atoms with van der Waals surface area (Å²) in [6.45, 7) is 5.20. The van der Waals surface area contributed by atoms with E-state index < -0.39 is 29.2 Å². The zero-order valence-corrected chi connectivity index (χ0v) is 23.5. The number of anilines is 2. The van der Waals surface area contributed by atoms with Crippen molar-refractivity contribution in [2.45, 2.75) is 31.1 Å². The Morgan fingerprint density at radius 2 is 1.59 bits per heavy atom. The monoisotopic (exact) mass is 548 g/mol. The zero-order valence-electron chi connectivity index (χ0n) is 22.7. The number of ketones is 1. The molecule has 0 aromatic heterocycles. The van der Waals surface area contributed by atoms with Crippen LogP contribution < -0.4 is 13.9 Å². The van der Waals surface area contributed by atoms with Gasteiger partial charge in [-0.05, 0) is 55.0 Å². The van der Waals surface area contributed by atoms with Gasteiger partial charge in [0.25, 0.3) is 10.0 Å². The van der Waals surface area contributed by atoms with Crippen molar-refractivity contribution in [1.82, 2.24) is 0 Å². The molecule has 204 valence electrons. The zero-order chi connectivity index (χ0) is 28.4. The normalized spacial score (nSPS) is 15.1. The Hall–Kier alpha value is -4.11. The molecule has 1 aliphatic rings. The second-order valence-electron chi connectivity index (χ2n) is 9.93. The van der Waals surface area contributed by atoms with Gasteiger partial charge >= 0.3 is 5.97 Å². The SMILES string of the molecule is Cc1ccc(S(=O)(=O)N(C)c2ccc(OCC(=O)OCC(=O)C=C3N(C)c4ccccc4C3(C)C)cc2)cc1. The summed E-state index contributed by atoms with van der Waals surface area (Å²) in [4.78, 5) is 27.0. The van der Waals surface area contributed by atoms with Crippen molar-refractivity contribution in [2.75, 3.05) is 36.5 Å². The van der Waals surface area contributed by atoms with Crippen LogP contribution in [0.3, 0.4) is 0 Å². The maximum atomic E-state index is 12.9. The lowest BCUT2D eigenvalue weighted by Crippen LogP contribution is -2.26. The van der Waals surface area contributed by atoms with Crippen LogP contribution in [0.15, 0.2) is 89.5 Å². The number of likely N-dealkylation sites (N-methyl/N-ethyl adjacent to an activating group) is 1. The molecule has 1 aliphatic heterocycles. The number of esters is 1. The van der Waals surface area contributed by atoms with E-state index in [0.29, 0.717) is 11.4 Å². The second-order valence-corrected chi connectivity index (χ2v) is 11.9. The molecule has 0 fully saturated rings. The number of nitrogens with zero attached hydrogens (tertiary/aromatic N) is 2. The van der Waals surface area contributed by atoms with Crippen LogP contribution in [0, 0.1) is 6.92 Å². The topological polar surface area (TPSA) is 93.2 Å². The summed E-state index contributed by atoms with van der Waals surface area (Å²) < 4.78 is 37.5. The minimum Gasteiger partial charge on any atom is -0.482 e. The Morgan fingerprint density at radius 1 is 0.949 bits per heavy atom. The summed E-state index contributed by atoms with van der Waals surface area (Å²) in [5, 5.41) is 0. The van der Waals surface area contributed by atoms with E-state index in [9.17, 15) is 18.0 Å². The van der Waals surface area contributed by atoms with Crippen molar-refractivity contribution in [3.05, 3.63) is 95.7 Å². The summed E-state index contributed by atoms with van der Waals surface area (Å²) in [5.74, 6) is -0.655. The molecule has 0 saturated heterocycles. The minimum atomic E-state index is -3.72. The first kappa shape index (κ1) is 27.9. The molecule has 3 aromatic carbocycles. The van der Waals surface area contributed by atoms with E-state index in [1.54, 1.807) is 48.5 Å². The van der Waals surface area contributed by atoms with Crippen LogP contribution >= 0.6 is 0 Å². The molecule has 39 heavy (non-hydrogen) atoms. The molecule has 0 saturated carbocycles. The van der Waals surface area contributed by atoms with Gasteiger partial charge in [0.1, 0.15) is 5.75 Å². The lowest BCUT2D eigenvalue weighted by molar-refractivity contribution is -0.148. The fourth-order valence-electron chi connectivity index (χ4n) is 4.55. The highest BCUT2D eigenvalue weighted by Crippen LogP contribution is 2.46. The van der Waals surface area contributed by atoms with E-state index in [0.717, 1.165) is 22.5 Å². The van der Waals surface area contributed by atoms with Crippen LogP contribution in [0.4, 0.5) is 11.4 Å². The average molecular weight is 549 g/mol. The van der Waals surface area contributed by atoms with Crippen molar-refractivity contribution in [3.63, 3.8) is 0 Å². The van der Waals surface area contributed by atoms with Gasteiger partial charge in [-0.2, -0.15) is 0 Å². The Kier molecular flexibility index (Phi) is 7.83. The molecule has 0 radical (unpaired) electrons. The van der Waals surface area contributed by atoms with Crippen molar-refractivity contribution < 1.29 is 27.5 Å². The van der Waals surface area contributed by atoms with E-state index in [1.165, 1.54) is 17.4 Å². The van der Waals surface area contributed by atoms with E-state index in [2.05, 4.69) is 13.8 Å². The highest BCUT2D eigenvalue weighted by Gasteiger charge is 2.38. The molecule has 0 N–H and O–H groups in total. The molecular formula is C30H32N2O6S. The molecule has 4 rings (SSSR count). The van der Waals surface area contributed by atoms with E-state index in [-0.39, 0.29) is 16.1 Å². The lowest BCUT2D eigenvalue weighted by atomic mass is 9.83. The lowest BCUT2D eigenvalue weighted by Gasteiger charge is -2.23. The Bertz CT molecular complexity index is 1510. The first-order valence-electron chi connectivity index (χ1n) is 12.4. The quantitative estimate of drug-likeness (QED) is 0.285. The largest absolute Gasteiger partial charge is 0.482 e. The van der Waals surface area contributed by atoms with E-state index in [1.807, 2.05) is 43.1 Å². The number of ether oxygens (including phenoxy) is 2. The first-order chi connectivity index (χ1) is 18.4. The van der Waals surface area contributed by atoms with Gasteiger partial charge in [0, 0.05) is 37.0 Å². The molecular weight excluding hydrogens is 516 g/mol. The number of allylic oxidation sites excluding steroid dienone is 1. The number of carbonyl (C=O) groups excluding carboxylic acids is 2. The number of hydrogen-bond donors (Lipinski definition) is 0. The second kappa shape index (κ2) is 10.9. The van der Waals surface area contributed by atoms with Crippen molar-refractivity contribution in [3.8, 4) is 5.75 Å². The molecule has 0 unspecified atom stereocenters. The summed E-state index contributed by atoms with van der Waals surface area (Å²) >= 11 is 0. The number of aryl methyl sites for hydroxylation is 1. The molecule has 0 atom stereocenters. The summed E-state index contributed by atoms with van der Waals surface area (Å²) in [5.41, 5.74) is 4.04. The molecule has 0 amide bonds. The third kappa shape index (κ3) is 5.83. The van der Waals surface area contributed by atoms with Gasteiger partial charge in [-0.3, -0.25) is 9.10 Å². The predicted octanol–water partition coefficient (Wildman–Crippen LogP) is 4.62. The highest BCUT2D eigenvalue weighted by atomic mass is 32.2. The number of sulfonamides is 1. The van der Waals surface area contributed by atoms with Gasteiger partial charge in [-0.25, -0.2) is 13.2 Å². The summed E-state index contributed by atoms with van der Waals surface area (Å²) in [6, 6.07) is 20.9. The predicted molar refractivity (Wildman–Crippen MR) is 151 cm³/mol. The van der Waals surface area contributed by atoms with Gasteiger partial charge < -0.3 is 14.4 Å². The maximum Gasteiger partial charge on any atom is 0.344 e. The van der Waals surface area contributed by atoms with Crippen molar-refractivity contribution in [1.29, 1.82) is 0 Å². The van der Waals surface area contributed by atoms with Crippen molar-refractivity contribution >= 4 is 33.2 Å². The average Bonchev–Trinajstić information content (AvgIpc) is 3.11. The van der Waals surface area contributed by atoms with Crippen LogP contribution in [0.5, 0.6) is 5.75 Å². The van der Waals surface area contributed by atoms with Gasteiger partial charge in [0.05, 0.1) is 10.6 Å². The molecule has 9 heteroatoms. The smallest absolute Gasteiger partial charge is 0.344 e. The highest BCUT2D eigenvalue weighted by molar-refractivity contribution is 7.92. The van der Waals surface area contributed by atoms with Gasteiger partial charge in [0.15, 0.2) is 19.0 Å². The summed E-state index contributed by atoms with van der Waals surface area (Å²) in [6.07, 6.45) is 1.52. The standard InChI is InChI=1S/C30H32N2O6S/c1-21-10-16-25(17-11-21)39(35,36)32(5)22-12-14-24(15-13-22)37-20-29(34)38-19-23(33)18-28-30(2,3)26-8-6-7-9-27(26)31(28)4/h6-18H,19-20H2,1-5H3.